The van der Waals surface area contributed by atoms with Gasteiger partial charge in [0.05, 0.1) is 0 Å². The molecule has 0 spiro atoms. The number of carbonyl (C=O) groups is 2. The number of rotatable bonds is 6. The van der Waals surface area contributed by atoms with Crippen LogP contribution in [0.4, 0.5) is 0 Å². The predicted molar refractivity (Wildman–Crippen MR) is 101 cm³/mol. The van der Waals surface area contributed by atoms with Crippen LogP contribution in [0, 0.1) is 0 Å². The first kappa shape index (κ1) is 18.6. The molecule has 1 saturated carbocycles. The van der Waals surface area contributed by atoms with Crippen LogP contribution in [0.3, 0.4) is 0 Å². The van der Waals surface area contributed by atoms with Crippen molar-refractivity contribution in [3.8, 4) is 11.4 Å². The average Bonchev–Trinajstić information content (AvgIpc) is 3.47. The van der Waals surface area contributed by atoms with E-state index < -0.39 is 0 Å². The molecule has 2 fully saturated rings. The molecule has 0 bridgehead atoms. The largest absolute Gasteiger partial charge is 0.353 e. The van der Waals surface area contributed by atoms with Crippen LogP contribution in [0.2, 0.25) is 0 Å². The summed E-state index contributed by atoms with van der Waals surface area (Å²) in [7, 11) is 0. The number of aromatic nitrogens is 3. The number of hydrogen-bond acceptors (Lipinski definition) is 6. The monoisotopic (exact) mass is 383 g/mol. The van der Waals surface area contributed by atoms with E-state index in [-0.39, 0.29) is 36.7 Å². The van der Waals surface area contributed by atoms with E-state index in [2.05, 4.69) is 20.4 Å². The minimum atomic E-state index is -0.219. The maximum Gasteiger partial charge on any atom is 0.249 e. The smallest absolute Gasteiger partial charge is 0.249 e. The molecule has 1 aliphatic carbocycles. The fraction of sp³-hybridized carbons (Fsp3) is 0.550. The van der Waals surface area contributed by atoms with Crippen LogP contribution in [0.15, 0.2) is 29.0 Å². The third kappa shape index (κ3) is 4.21. The van der Waals surface area contributed by atoms with E-state index in [9.17, 15) is 9.59 Å². The molecule has 0 radical (unpaired) electrons. The predicted octanol–water partition coefficient (Wildman–Crippen LogP) is 2.63. The molecule has 2 aromatic rings. The van der Waals surface area contributed by atoms with Crippen LogP contribution in [0.1, 0.15) is 63.3 Å². The fourth-order valence-electron chi connectivity index (χ4n) is 4.04. The van der Waals surface area contributed by atoms with E-state index in [0.29, 0.717) is 18.3 Å². The van der Waals surface area contributed by atoms with Gasteiger partial charge in [-0.3, -0.25) is 14.6 Å². The van der Waals surface area contributed by atoms with Gasteiger partial charge in [-0.05, 0) is 37.8 Å². The van der Waals surface area contributed by atoms with Gasteiger partial charge in [0.15, 0.2) is 0 Å². The zero-order chi connectivity index (χ0) is 19.3. The lowest BCUT2D eigenvalue weighted by Gasteiger charge is -2.22. The van der Waals surface area contributed by atoms with E-state index in [1.165, 1.54) is 12.8 Å². The first-order chi connectivity index (χ1) is 13.7. The summed E-state index contributed by atoms with van der Waals surface area (Å²) in [5.74, 6) is 0.844. The molecule has 1 aliphatic heterocycles. The van der Waals surface area contributed by atoms with Crippen LogP contribution >= 0.6 is 0 Å². The summed E-state index contributed by atoms with van der Waals surface area (Å²) in [6, 6.07) is 3.74. The Balaban J connectivity index is 1.34. The summed E-state index contributed by atoms with van der Waals surface area (Å²) < 4.78 is 5.44. The molecule has 2 aromatic heterocycles. The number of amides is 2. The van der Waals surface area contributed by atoms with E-state index in [1.54, 1.807) is 17.3 Å². The SMILES string of the molecule is O=C(CCC(=O)N1CCCC1c1nc(-c2cccnc2)no1)NC1CCCC1. The number of hydrogen-bond donors (Lipinski definition) is 1. The molecule has 2 amide bonds. The number of likely N-dealkylation sites (tertiary alicyclic amines) is 1. The lowest BCUT2D eigenvalue weighted by atomic mass is 10.2. The van der Waals surface area contributed by atoms with Gasteiger partial charge in [-0.15, -0.1) is 0 Å². The molecule has 8 nitrogen and oxygen atoms in total. The van der Waals surface area contributed by atoms with Gasteiger partial charge in [-0.25, -0.2) is 0 Å². The molecule has 1 saturated heterocycles. The number of carbonyl (C=O) groups excluding carboxylic acids is 2. The van der Waals surface area contributed by atoms with E-state index >= 15 is 0 Å². The van der Waals surface area contributed by atoms with Crippen LogP contribution in [-0.2, 0) is 9.59 Å². The molecular formula is C20H25N5O3. The van der Waals surface area contributed by atoms with Gasteiger partial charge in [0, 0.05) is 43.4 Å². The zero-order valence-corrected chi connectivity index (χ0v) is 15.8. The van der Waals surface area contributed by atoms with Crippen LogP contribution in [0.25, 0.3) is 11.4 Å². The summed E-state index contributed by atoms with van der Waals surface area (Å²) in [5.41, 5.74) is 0.775. The second-order valence-corrected chi connectivity index (χ2v) is 7.49. The van der Waals surface area contributed by atoms with E-state index in [0.717, 1.165) is 31.2 Å². The molecule has 148 valence electrons. The highest BCUT2D eigenvalue weighted by molar-refractivity contribution is 5.84. The third-order valence-corrected chi connectivity index (χ3v) is 5.51. The summed E-state index contributed by atoms with van der Waals surface area (Å²) in [6.07, 6.45) is 9.90. The fourth-order valence-corrected chi connectivity index (χ4v) is 4.04. The van der Waals surface area contributed by atoms with Gasteiger partial charge >= 0.3 is 0 Å². The minimum Gasteiger partial charge on any atom is -0.353 e. The Hall–Kier alpha value is -2.77. The Morgan fingerprint density at radius 3 is 2.82 bits per heavy atom. The number of nitrogens with one attached hydrogen (secondary N) is 1. The molecule has 8 heteroatoms. The molecular weight excluding hydrogens is 358 g/mol. The molecule has 1 unspecified atom stereocenters. The maximum absolute atomic E-state index is 12.7. The van der Waals surface area contributed by atoms with Crippen molar-refractivity contribution in [2.45, 2.75) is 63.5 Å². The topological polar surface area (TPSA) is 101 Å². The minimum absolute atomic E-state index is 0.0346. The highest BCUT2D eigenvalue weighted by atomic mass is 16.5. The van der Waals surface area contributed by atoms with Gasteiger partial charge in [-0.2, -0.15) is 4.98 Å². The lowest BCUT2D eigenvalue weighted by molar-refractivity contribution is -0.134. The second-order valence-electron chi connectivity index (χ2n) is 7.49. The van der Waals surface area contributed by atoms with Crippen LogP contribution < -0.4 is 5.32 Å². The Labute approximate surface area is 163 Å². The highest BCUT2D eigenvalue weighted by Gasteiger charge is 2.34. The molecule has 2 aliphatic rings. The van der Waals surface area contributed by atoms with Gasteiger partial charge < -0.3 is 14.7 Å². The summed E-state index contributed by atoms with van der Waals surface area (Å²) in [6.45, 7) is 0.651. The average molecular weight is 383 g/mol. The molecule has 28 heavy (non-hydrogen) atoms. The maximum atomic E-state index is 12.7. The normalized spacial score (nSPS) is 19.9. The Morgan fingerprint density at radius 2 is 2.04 bits per heavy atom. The highest BCUT2D eigenvalue weighted by Crippen LogP contribution is 2.32. The van der Waals surface area contributed by atoms with Gasteiger partial charge in [0.25, 0.3) is 0 Å². The number of nitrogens with zero attached hydrogens (tertiary/aromatic N) is 4. The zero-order valence-electron chi connectivity index (χ0n) is 15.8. The van der Waals surface area contributed by atoms with Crippen LogP contribution in [0.5, 0.6) is 0 Å². The van der Waals surface area contributed by atoms with Crippen molar-refractivity contribution in [2.24, 2.45) is 0 Å². The Kier molecular flexibility index (Phi) is 5.64. The van der Waals surface area contributed by atoms with Crippen molar-refractivity contribution in [1.82, 2.24) is 25.3 Å². The summed E-state index contributed by atoms with van der Waals surface area (Å²) in [5, 5.41) is 7.06. The molecule has 3 heterocycles. The molecule has 0 aromatic carbocycles. The third-order valence-electron chi connectivity index (χ3n) is 5.51. The van der Waals surface area contributed by atoms with Crippen molar-refractivity contribution in [3.63, 3.8) is 0 Å². The first-order valence-electron chi connectivity index (χ1n) is 10.0. The van der Waals surface area contributed by atoms with Crippen molar-refractivity contribution >= 4 is 11.8 Å². The van der Waals surface area contributed by atoms with Crippen molar-refractivity contribution < 1.29 is 14.1 Å². The standard InChI is InChI=1S/C20H25N5O3/c26-17(22-15-6-1-2-7-15)9-10-18(27)25-12-4-8-16(25)20-23-19(24-28-20)14-5-3-11-21-13-14/h3,5,11,13,15-16H,1-2,4,6-10,12H2,(H,22,26). The summed E-state index contributed by atoms with van der Waals surface area (Å²) in [4.78, 5) is 35.1. The van der Waals surface area contributed by atoms with Crippen LogP contribution in [-0.4, -0.2) is 44.4 Å². The Bertz CT molecular complexity index is 816. The van der Waals surface area contributed by atoms with E-state index in [1.807, 2.05) is 12.1 Å². The lowest BCUT2D eigenvalue weighted by Crippen LogP contribution is -2.35. The van der Waals surface area contributed by atoms with Crippen molar-refractivity contribution in [1.29, 1.82) is 0 Å². The number of pyridine rings is 1. The van der Waals surface area contributed by atoms with Gasteiger partial charge in [0.2, 0.25) is 23.5 Å². The molecule has 1 atom stereocenters. The summed E-state index contributed by atoms with van der Waals surface area (Å²) >= 11 is 0. The second kappa shape index (κ2) is 8.50. The van der Waals surface area contributed by atoms with E-state index in [4.69, 9.17) is 4.52 Å². The first-order valence-corrected chi connectivity index (χ1v) is 10.0. The molecule has 1 N–H and O–H groups in total. The Morgan fingerprint density at radius 1 is 1.18 bits per heavy atom. The quantitative estimate of drug-likeness (QED) is 0.823. The molecule has 4 rings (SSSR count). The van der Waals surface area contributed by atoms with Crippen molar-refractivity contribution in [3.05, 3.63) is 30.4 Å². The van der Waals surface area contributed by atoms with Gasteiger partial charge in [-0.1, -0.05) is 18.0 Å². The van der Waals surface area contributed by atoms with Gasteiger partial charge in [0.1, 0.15) is 6.04 Å². The van der Waals surface area contributed by atoms with Crippen molar-refractivity contribution in [2.75, 3.05) is 6.54 Å².